The van der Waals surface area contributed by atoms with E-state index in [1.54, 1.807) is 43.5 Å². The summed E-state index contributed by atoms with van der Waals surface area (Å²) in [6.45, 7) is 0. The van der Waals surface area contributed by atoms with E-state index in [9.17, 15) is 9.59 Å². The zero-order chi connectivity index (χ0) is 23.8. The van der Waals surface area contributed by atoms with Crippen LogP contribution in [-0.4, -0.2) is 19.0 Å². The van der Waals surface area contributed by atoms with Gasteiger partial charge in [-0.3, -0.25) is 9.59 Å². The predicted molar refractivity (Wildman–Crippen MR) is 132 cm³/mol. The van der Waals surface area contributed by atoms with Gasteiger partial charge in [0.2, 0.25) is 6.10 Å². The van der Waals surface area contributed by atoms with Gasteiger partial charge in [0.05, 0.1) is 7.11 Å². The molecule has 1 N–H and O–H groups in total. The first-order valence-electron chi connectivity index (χ1n) is 11.0. The Hall–Kier alpha value is -4.38. The smallest absolute Gasteiger partial charge is 0.319 e. The number of anilines is 1. The van der Waals surface area contributed by atoms with Gasteiger partial charge in [-0.15, -0.1) is 0 Å². The summed E-state index contributed by atoms with van der Waals surface area (Å²) < 4.78 is 11.1. The minimum absolute atomic E-state index is 0.440. The van der Waals surface area contributed by atoms with Gasteiger partial charge in [-0.05, 0) is 35.4 Å². The summed E-state index contributed by atoms with van der Waals surface area (Å²) in [5.74, 6) is -0.930. The average molecular weight is 452 g/mol. The Kier molecular flexibility index (Phi) is 7.35. The predicted octanol–water partition coefficient (Wildman–Crippen LogP) is 5.75. The molecule has 5 nitrogen and oxygen atoms in total. The van der Waals surface area contributed by atoms with E-state index < -0.39 is 23.9 Å². The molecular formula is C29H25NO4. The molecule has 0 radical (unpaired) electrons. The van der Waals surface area contributed by atoms with Crippen LogP contribution >= 0.6 is 0 Å². The van der Waals surface area contributed by atoms with Crippen molar-refractivity contribution >= 4 is 17.6 Å². The first kappa shape index (κ1) is 22.8. The van der Waals surface area contributed by atoms with Gasteiger partial charge in [0.1, 0.15) is 11.7 Å². The molecule has 0 fully saturated rings. The molecule has 1 amide bonds. The third-order valence-corrected chi connectivity index (χ3v) is 5.43. The van der Waals surface area contributed by atoms with Crippen molar-refractivity contribution in [1.29, 1.82) is 0 Å². The Morgan fingerprint density at radius 3 is 1.59 bits per heavy atom. The number of ether oxygens (including phenoxy) is 2. The Bertz CT molecular complexity index is 1170. The first-order chi connectivity index (χ1) is 16.7. The second kappa shape index (κ2) is 11.0. The lowest BCUT2D eigenvalue weighted by atomic mass is 9.91. The van der Waals surface area contributed by atoms with Gasteiger partial charge in [0.15, 0.2) is 0 Å². The molecule has 4 aromatic rings. The van der Waals surface area contributed by atoms with Crippen molar-refractivity contribution in [3.05, 3.63) is 132 Å². The summed E-state index contributed by atoms with van der Waals surface area (Å²) in [5, 5.41) is 2.84. The molecule has 1 atom stereocenters. The summed E-state index contributed by atoms with van der Waals surface area (Å²) in [5.41, 5.74) is 2.74. The molecule has 0 saturated carbocycles. The maximum atomic E-state index is 13.5. The number of benzene rings is 4. The van der Waals surface area contributed by atoms with E-state index in [0.29, 0.717) is 17.0 Å². The standard InChI is InChI=1S/C29H25NO4/c1-33-25-19-17-24(18-20-25)30-28(31)27(23-15-9-4-10-16-23)34-29(32)26(21-11-5-2-6-12-21)22-13-7-3-8-14-22/h2-20,26-27H,1H3,(H,30,31)/t27-/m1/s1. The molecule has 0 unspecified atom stereocenters. The molecule has 5 heteroatoms. The molecule has 0 aromatic heterocycles. The number of esters is 1. The largest absolute Gasteiger partial charge is 0.497 e. The van der Waals surface area contributed by atoms with Crippen LogP contribution in [-0.2, 0) is 14.3 Å². The van der Waals surface area contributed by atoms with Gasteiger partial charge in [0.25, 0.3) is 5.91 Å². The van der Waals surface area contributed by atoms with E-state index in [2.05, 4.69) is 5.32 Å². The molecule has 170 valence electrons. The number of carbonyl (C=O) groups excluding carboxylic acids is 2. The fraction of sp³-hybridized carbons (Fsp3) is 0.103. The Labute approximate surface area is 199 Å². The van der Waals surface area contributed by atoms with Crippen LogP contribution < -0.4 is 10.1 Å². The zero-order valence-corrected chi connectivity index (χ0v) is 18.8. The maximum Gasteiger partial charge on any atom is 0.319 e. The van der Waals surface area contributed by atoms with Crippen molar-refractivity contribution < 1.29 is 19.1 Å². The van der Waals surface area contributed by atoms with Crippen LogP contribution in [0.5, 0.6) is 5.75 Å². The number of rotatable bonds is 8. The van der Waals surface area contributed by atoms with Crippen LogP contribution in [0.15, 0.2) is 115 Å². The van der Waals surface area contributed by atoms with Gasteiger partial charge < -0.3 is 14.8 Å². The third-order valence-electron chi connectivity index (χ3n) is 5.43. The SMILES string of the molecule is COc1ccc(NC(=O)[C@H](OC(=O)C(c2ccccc2)c2ccccc2)c2ccccc2)cc1. The lowest BCUT2D eigenvalue weighted by molar-refractivity contribution is -0.155. The van der Waals surface area contributed by atoms with Crippen LogP contribution in [0, 0.1) is 0 Å². The number of nitrogens with one attached hydrogen (secondary N) is 1. The lowest BCUT2D eigenvalue weighted by Crippen LogP contribution is -2.28. The normalized spacial score (nSPS) is 11.5. The third kappa shape index (κ3) is 5.51. The second-order valence-electron chi connectivity index (χ2n) is 7.70. The molecule has 0 bridgehead atoms. The van der Waals surface area contributed by atoms with Crippen molar-refractivity contribution in [2.24, 2.45) is 0 Å². The van der Waals surface area contributed by atoms with Crippen molar-refractivity contribution in [2.45, 2.75) is 12.0 Å². The fourth-order valence-electron chi connectivity index (χ4n) is 3.72. The lowest BCUT2D eigenvalue weighted by Gasteiger charge is -2.22. The van der Waals surface area contributed by atoms with Gasteiger partial charge >= 0.3 is 5.97 Å². The fourth-order valence-corrected chi connectivity index (χ4v) is 3.72. The monoisotopic (exact) mass is 451 g/mol. The number of methoxy groups -OCH3 is 1. The van der Waals surface area contributed by atoms with Gasteiger partial charge in [-0.1, -0.05) is 91.0 Å². The second-order valence-corrected chi connectivity index (χ2v) is 7.70. The van der Waals surface area contributed by atoms with Crippen molar-refractivity contribution in [3.63, 3.8) is 0 Å². The molecule has 0 spiro atoms. The molecule has 34 heavy (non-hydrogen) atoms. The van der Waals surface area contributed by atoms with Crippen LogP contribution in [0.25, 0.3) is 0 Å². The first-order valence-corrected chi connectivity index (χ1v) is 11.0. The van der Waals surface area contributed by atoms with Gasteiger partial charge in [0, 0.05) is 11.3 Å². The van der Waals surface area contributed by atoms with E-state index in [1.807, 2.05) is 78.9 Å². The topological polar surface area (TPSA) is 64.6 Å². The summed E-state index contributed by atoms with van der Waals surface area (Å²) in [6, 6.07) is 34.8. The molecule has 0 aliphatic heterocycles. The number of hydrogen-bond acceptors (Lipinski definition) is 4. The highest BCUT2D eigenvalue weighted by Gasteiger charge is 2.31. The molecule has 4 rings (SSSR count). The van der Waals surface area contributed by atoms with Crippen molar-refractivity contribution in [2.75, 3.05) is 12.4 Å². The van der Waals surface area contributed by atoms with Crippen LogP contribution in [0.2, 0.25) is 0 Å². The van der Waals surface area contributed by atoms with E-state index >= 15 is 0 Å². The number of carbonyl (C=O) groups is 2. The number of hydrogen-bond donors (Lipinski definition) is 1. The van der Waals surface area contributed by atoms with E-state index in [4.69, 9.17) is 9.47 Å². The Morgan fingerprint density at radius 2 is 1.12 bits per heavy atom. The molecular weight excluding hydrogens is 426 g/mol. The molecule has 0 aliphatic carbocycles. The van der Waals surface area contributed by atoms with E-state index in [-0.39, 0.29) is 0 Å². The Balaban J connectivity index is 1.63. The molecule has 0 heterocycles. The van der Waals surface area contributed by atoms with E-state index in [0.717, 1.165) is 11.1 Å². The zero-order valence-electron chi connectivity index (χ0n) is 18.8. The highest BCUT2D eigenvalue weighted by atomic mass is 16.5. The summed E-state index contributed by atoms with van der Waals surface area (Å²) in [7, 11) is 1.58. The van der Waals surface area contributed by atoms with Crippen LogP contribution in [0.1, 0.15) is 28.7 Å². The quantitative estimate of drug-likeness (QED) is 0.347. The highest BCUT2D eigenvalue weighted by molar-refractivity contribution is 5.96. The average Bonchev–Trinajstić information content (AvgIpc) is 2.89. The van der Waals surface area contributed by atoms with Crippen LogP contribution in [0.4, 0.5) is 5.69 Å². The molecule has 0 saturated heterocycles. The maximum absolute atomic E-state index is 13.5. The van der Waals surface area contributed by atoms with Gasteiger partial charge in [-0.2, -0.15) is 0 Å². The minimum atomic E-state index is -1.12. The number of amides is 1. The van der Waals surface area contributed by atoms with E-state index in [1.165, 1.54) is 0 Å². The molecule has 4 aromatic carbocycles. The van der Waals surface area contributed by atoms with Crippen molar-refractivity contribution in [3.8, 4) is 5.75 Å². The Morgan fingerprint density at radius 1 is 0.647 bits per heavy atom. The van der Waals surface area contributed by atoms with Gasteiger partial charge in [-0.25, -0.2) is 0 Å². The summed E-state index contributed by atoms with van der Waals surface area (Å²) in [4.78, 5) is 26.8. The summed E-state index contributed by atoms with van der Waals surface area (Å²) >= 11 is 0. The highest BCUT2D eigenvalue weighted by Crippen LogP contribution is 2.30. The van der Waals surface area contributed by atoms with Crippen LogP contribution in [0.3, 0.4) is 0 Å². The van der Waals surface area contributed by atoms with Crippen molar-refractivity contribution in [1.82, 2.24) is 0 Å². The summed E-state index contributed by atoms with van der Waals surface area (Å²) in [6.07, 6.45) is -1.12. The molecule has 0 aliphatic rings. The minimum Gasteiger partial charge on any atom is -0.497 e.